The van der Waals surface area contributed by atoms with Gasteiger partial charge in [0, 0.05) is 12.6 Å². The molecular formula is C22H21N5O3. The third-order valence-corrected chi connectivity index (χ3v) is 5.29. The summed E-state index contributed by atoms with van der Waals surface area (Å²) in [5, 5.41) is 24.0. The van der Waals surface area contributed by atoms with E-state index in [2.05, 4.69) is 27.3 Å². The number of nitriles is 1. The molecule has 0 saturated carbocycles. The number of oxazole rings is 1. The number of nitro groups is 1. The standard InChI is InChI=1S/C22H21N5O3/c23-14-18-22(30-21(25-18)17-10-4-5-11-19(17)27(28)29)24-15-20(26-12-6-7-13-26)16-8-2-1-3-9-16/h1-5,8-11,20,24H,6-7,12-13,15H2. The minimum atomic E-state index is -0.489. The van der Waals surface area contributed by atoms with Crippen molar-refractivity contribution in [1.82, 2.24) is 9.88 Å². The predicted octanol–water partition coefficient (Wildman–Crippen LogP) is 4.37. The van der Waals surface area contributed by atoms with Crippen molar-refractivity contribution in [3.8, 4) is 17.5 Å². The van der Waals surface area contributed by atoms with Crippen LogP contribution in [-0.4, -0.2) is 34.4 Å². The predicted molar refractivity (Wildman–Crippen MR) is 112 cm³/mol. The van der Waals surface area contributed by atoms with Crippen molar-refractivity contribution in [3.05, 3.63) is 76.0 Å². The van der Waals surface area contributed by atoms with Gasteiger partial charge in [0.1, 0.15) is 11.6 Å². The van der Waals surface area contributed by atoms with Crippen LogP contribution in [0.1, 0.15) is 30.1 Å². The molecule has 2 heterocycles. The molecule has 4 rings (SSSR count). The van der Waals surface area contributed by atoms with E-state index < -0.39 is 4.92 Å². The van der Waals surface area contributed by atoms with Gasteiger partial charge in [0.2, 0.25) is 17.5 Å². The van der Waals surface area contributed by atoms with Crippen LogP contribution in [0.2, 0.25) is 0 Å². The molecular weight excluding hydrogens is 382 g/mol. The Bertz CT molecular complexity index is 1070. The summed E-state index contributed by atoms with van der Waals surface area (Å²) < 4.78 is 5.76. The van der Waals surface area contributed by atoms with Crippen LogP contribution in [0.5, 0.6) is 0 Å². The molecule has 0 amide bonds. The Morgan fingerprint density at radius 1 is 1.17 bits per heavy atom. The van der Waals surface area contributed by atoms with Crippen molar-refractivity contribution >= 4 is 11.6 Å². The highest BCUT2D eigenvalue weighted by Gasteiger charge is 2.26. The minimum Gasteiger partial charge on any atom is -0.419 e. The van der Waals surface area contributed by atoms with Crippen molar-refractivity contribution in [2.24, 2.45) is 0 Å². The number of anilines is 1. The van der Waals surface area contributed by atoms with Gasteiger partial charge < -0.3 is 9.73 Å². The lowest BCUT2D eigenvalue weighted by molar-refractivity contribution is -0.384. The third-order valence-electron chi connectivity index (χ3n) is 5.29. The Morgan fingerprint density at radius 3 is 2.57 bits per heavy atom. The van der Waals surface area contributed by atoms with Crippen LogP contribution in [0, 0.1) is 21.4 Å². The number of nitrogens with one attached hydrogen (secondary N) is 1. The van der Waals surface area contributed by atoms with Crippen LogP contribution in [0.25, 0.3) is 11.5 Å². The zero-order valence-corrected chi connectivity index (χ0v) is 16.3. The van der Waals surface area contributed by atoms with Gasteiger partial charge in [-0.25, -0.2) is 0 Å². The SMILES string of the molecule is N#Cc1nc(-c2ccccc2[N+](=O)[O-])oc1NCC(c1ccccc1)N1CCCC1. The number of nitro benzene ring substituents is 1. The molecule has 0 spiro atoms. The van der Waals surface area contributed by atoms with E-state index in [4.69, 9.17) is 4.42 Å². The Kier molecular flexibility index (Phi) is 5.72. The van der Waals surface area contributed by atoms with E-state index in [9.17, 15) is 15.4 Å². The van der Waals surface area contributed by atoms with Crippen molar-refractivity contribution in [2.45, 2.75) is 18.9 Å². The summed E-state index contributed by atoms with van der Waals surface area (Å²) in [5.74, 6) is 0.282. The first kappa shape index (κ1) is 19.6. The van der Waals surface area contributed by atoms with Gasteiger partial charge in [-0.3, -0.25) is 15.0 Å². The third kappa shape index (κ3) is 4.02. The topological polar surface area (TPSA) is 108 Å². The number of likely N-dealkylation sites (tertiary alicyclic amines) is 1. The summed E-state index contributed by atoms with van der Waals surface area (Å²) in [4.78, 5) is 17.4. The van der Waals surface area contributed by atoms with Gasteiger partial charge in [0.05, 0.1) is 11.0 Å². The number of hydrogen-bond acceptors (Lipinski definition) is 7. The maximum absolute atomic E-state index is 11.3. The molecule has 0 aliphatic carbocycles. The van der Waals surface area contributed by atoms with Crippen molar-refractivity contribution in [1.29, 1.82) is 5.26 Å². The molecule has 1 atom stereocenters. The quantitative estimate of drug-likeness (QED) is 0.461. The molecule has 30 heavy (non-hydrogen) atoms. The molecule has 1 N–H and O–H groups in total. The van der Waals surface area contributed by atoms with Crippen LogP contribution in [0.15, 0.2) is 59.0 Å². The summed E-state index contributed by atoms with van der Waals surface area (Å²) in [6.07, 6.45) is 2.33. The first-order valence-corrected chi connectivity index (χ1v) is 9.85. The summed E-state index contributed by atoms with van der Waals surface area (Å²) in [6.45, 7) is 2.57. The Morgan fingerprint density at radius 2 is 1.87 bits per heavy atom. The van der Waals surface area contributed by atoms with E-state index in [1.165, 1.54) is 11.6 Å². The molecule has 152 valence electrons. The first-order valence-electron chi connectivity index (χ1n) is 9.85. The molecule has 1 saturated heterocycles. The van der Waals surface area contributed by atoms with Gasteiger partial charge in [-0.1, -0.05) is 42.5 Å². The molecule has 8 nitrogen and oxygen atoms in total. The summed E-state index contributed by atoms with van der Waals surface area (Å²) in [5.41, 5.74) is 1.39. The zero-order valence-electron chi connectivity index (χ0n) is 16.3. The second kappa shape index (κ2) is 8.76. The molecule has 3 aromatic rings. The monoisotopic (exact) mass is 403 g/mol. The van der Waals surface area contributed by atoms with E-state index >= 15 is 0 Å². The maximum atomic E-state index is 11.3. The number of hydrogen-bond donors (Lipinski definition) is 1. The molecule has 1 aliphatic rings. The highest BCUT2D eigenvalue weighted by Crippen LogP contribution is 2.33. The van der Waals surface area contributed by atoms with E-state index in [0.29, 0.717) is 6.54 Å². The highest BCUT2D eigenvalue weighted by molar-refractivity contribution is 5.68. The molecule has 1 aliphatic heterocycles. The number of para-hydroxylation sites is 1. The van der Waals surface area contributed by atoms with Gasteiger partial charge in [0.15, 0.2) is 0 Å². The zero-order chi connectivity index (χ0) is 20.9. The Balaban J connectivity index is 1.60. The van der Waals surface area contributed by atoms with Gasteiger partial charge in [-0.15, -0.1) is 0 Å². The van der Waals surface area contributed by atoms with Gasteiger partial charge in [-0.2, -0.15) is 10.2 Å². The normalized spacial score (nSPS) is 14.9. The molecule has 1 aromatic heterocycles. The molecule has 1 fully saturated rings. The van der Waals surface area contributed by atoms with Gasteiger partial charge >= 0.3 is 0 Å². The fourth-order valence-corrected chi connectivity index (χ4v) is 3.82. The lowest BCUT2D eigenvalue weighted by Crippen LogP contribution is -2.31. The van der Waals surface area contributed by atoms with E-state index in [1.807, 2.05) is 24.3 Å². The summed E-state index contributed by atoms with van der Waals surface area (Å²) in [7, 11) is 0. The number of benzene rings is 2. The second-order valence-corrected chi connectivity index (χ2v) is 7.13. The highest BCUT2D eigenvalue weighted by atomic mass is 16.6. The van der Waals surface area contributed by atoms with E-state index in [0.717, 1.165) is 25.9 Å². The van der Waals surface area contributed by atoms with Crippen LogP contribution in [0.4, 0.5) is 11.6 Å². The van der Waals surface area contributed by atoms with Crippen LogP contribution in [-0.2, 0) is 0 Å². The summed E-state index contributed by atoms with van der Waals surface area (Å²) in [6, 6.07) is 18.5. The lowest BCUT2D eigenvalue weighted by atomic mass is 10.1. The average Bonchev–Trinajstić information content (AvgIpc) is 3.45. The fraction of sp³-hybridized carbons (Fsp3) is 0.273. The molecule has 8 heteroatoms. The van der Waals surface area contributed by atoms with Crippen molar-refractivity contribution < 1.29 is 9.34 Å². The molecule has 0 radical (unpaired) electrons. The Hall–Kier alpha value is -3.70. The lowest BCUT2D eigenvalue weighted by Gasteiger charge is -2.28. The fourth-order valence-electron chi connectivity index (χ4n) is 3.82. The number of rotatable bonds is 7. The van der Waals surface area contributed by atoms with Crippen LogP contribution < -0.4 is 5.32 Å². The van der Waals surface area contributed by atoms with Crippen LogP contribution in [0.3, 0.4) is 0 Å². The smallest absolute Gasteiger partial charge is 0.282 e. The number of nitrogens with zero attached hydrogens (tertiary/aromatic N) is 4. The molecule has 2 aromatic carbocycles. The Labute approximate surface area is 173 Å². The number of aromatic nitrogens is 1. The summed E-state index contributed by atoms with van der Waals surface area (Å²) >= 11 is 0. The molecule has 0 bridgehead atoms. The van der Waals surface area contributed by atoms with Crippen LogP contribution >= 0.6 is 0 Å². The molecule has 1 unspecified atom stereocenters. The van der Waals surface area contributed by atoms with Gasteiger partial charge in [-0.05, 0) is 37.6 Å². The maximum Gasteiger partial charge on any atom is 0.282 e. The first-order chi connectivity index (χ1) is 14.7. The minimum absolute atomic E-state index is 0.0544. The van der Waals surface area contributed by atoms with E-state index in [1.54, 1.807) is 18.2 Å². The van der Waals surface area contributed by atoms with E-state index in [-0.39, 0.29) is 34.8 Å². The van der Waals surface area contributed by atoms with Crippen molar-refractivity contribution in [3.63, 3.8) is 0 Å². The van der Waals surface area contributed by atoms with Gasteiger partial charge in [0.25, 0.3) is 5.69 Å². The van der Waals surface area contributed by atoms with Crippen molar-refractivity contribution in [2.75, 3.05) is 25.0 Å². The average molecular weight is 403 g/mol. The second-order valence-electron chi connectivity index (χ2n) is 7.13. The largest absolute Gasteiger partial charge is 0.419 e.